The van der Waals surface area contributed by atoms with Crippen molar-refractivity contribution in [3.05, 3.63) is 60.5 Å². The highest BCUT2D eigenvalue weighted by Crippen LogP contribution is 2.39. The molecule has 5 rings (SSSR count). The number of nitrogens with two attached hydrogens (primary N) is 1. The second kappa shape index (κ2) is 7.28. The summed E-state index contributed by atoms with van der Waals surface area (Å²) >= 11 is 0. The molecular weight excluding hydrogens is 360 g/mol. The quantitative estimate of drug-likeness (QED) is 0.738. The molecule has 0 bridgehead atoms. The van der Waals surface area contributed by atoms with Gasteiger partial charge in [0, 0.05) is 38.3 Å². The third kappa shape index (κ3) is 3.35. The molecule has 0 atom stereocenters. The number of hydrogen-bond donors (Lipinski definition) is 1. The van der Waals surface area contributed by atoms with Gasteiger partial charge in [0.15, 0.2) is 0 Å². The number of piperidine rings is 1. The molecule has 1 saturated heterocycles. The maximum Gasteiger partial charge on any atom is 0.124 e. The number of pyridine rings is 1. The van der Waals surface area contributed by atoms with E-state index in [9.17, 15) is 0 Å². The molecule has 0 spiro atoms. The molecule has 6 nitrogen and oxygen atoms in total. The van der Waals surface area contributed by atoms with Crippen LogP contribution in [0.15, 0.2) is 54.8 Å². The Morgan fingerprint density at radius 1 is 1.03 bits per heavy atom. The van der Waals surface area contributed by atoms with Crippen LogP contribution < -0.4 is 15.5 Å². The summed E-state index contributed by atoms with van der Waals surface area (Å²) < 4.78 is 1.89. The van der Waals surface area contributed by atoms with E-state index in [1.54, 1.807) is 0 Å². The van der Waals surface area contributed by atoms with Crippen molar-refractivity contribution in [1.29, 1.82) is 0 Å². The first kappa shape index (κ1) is 17.8. The zero-order valence-electron chi connectivity index (χ0n) is 16.8. The lowest BCUT2D eigenvalue weighted by molar-refractivity contribution is 0.578. The maximum absolute atomic E-state index is 5.98. The molecule has 1 fully saturated rings. The molecule has 1 aromatic carbocycles. The van der Waals surface area contributed by atoms with E-state index in [1.165, 1.54) is 30.6 Å². The van der Waals surface area contributed by atoms with Crippen LogP contribution in [0.4, 0.5) is 17.2 Å². The van der Waals surface area contributed by atoms with Crippen LogP contribution in [0.25, 0.3) is 16.6 Å². The number of nitrogen functional groups attached to an aromatic ring is 1. The zero-order chi connectivity index (χ0) is 19.8. The summed E-state index contributed by atoms with van der Waals surface area (Å²) in [5.41, 5.74) is 11.4. The zero-order valence-corrected chi connectivity index (χ0v) is 16.8. The van der Waals surface area contributed by atoms with E-state index >= 15 is 0 Å². The van der Waals surface area contributed by atoms with Gasteiger partial charge in [0.2, 0.25) is 0 Å². The summed E-state index contributed by atoms with van der Waals surface area (Å²) in [6.45, 7) is 2.98. The highest BCUT2D eigenvalue weighted by molar-refractivity contribution is 5.95. The van der Waals surface area contributed by atoms with Crippen molar-refractivity contribution in [2.75, 3.05) is 35.2 Å². The van der Waals surface area contributed by atoms with Crippen LogP contribution in [0, 0.1) is 0 Å². The molecule has 4 heterocycles. The van der Waals surface area contributed by atoms with Crippen LogP contribution in [-0.4, -0.2) is 34.4 Å². The van der Waals surface area contributed by atoms with Crippen LogP contribution in [0.5, 0.6) is 0 Å². The van der Waals surface area contributed by atoms with Crippen molar-refractivity contribution in [2.24, 2.45) is 7.05 Å². The fourth-order valence-electron chi connectivity index (χ4n) is 4.34. The Morgan fingerprint density at radius 3 is 2.72 bits per heavy atom. The summed E-state index contributed by atoms with van der Waals surface area (Å²) in [7, 11) is 1.98. The molecule has 2 aromatic heterocycles. The van der Waals surface area contributed by atoms with Crippen molar-refractivity contribution < 1.29 is 0 Å². The number of benzene rings is 1. The van der Waals surface area contributed by atoms with Gasteiger partial charge in [-0.2, -0.15) is 5.10 Å². The number of anilines is 3. The van der Waals surface area contributed by atoms with Gasteiger partial charge in [0.05, 0.1) is 28.3 Å². The molecule has 29 heavy (non-hydrogen) atoms. The molecule has 0 radical (unpaired) electrons. The maximum atomic E-state index is 5.98. The molecular formula is C23H26N6. The Morgan fingerprint density at radius 2 is 1.90 bits per heavy atom. The molecule has 2 aliphatic rings. The number of rotatable bonds is 3. The first-order valence-corrected chi connectivity index (χ1v) is 10.3. The first-order valence-electron chi connectivity index (χ1n) is 10.3. The molecule has 0 unspecified atom stereocenters. The van der Waals surface area contributed by atoms with Crippen LogP contribution in [-0.2, 0) is 7.05 Å². The summed E-state index contributed by atoms with van der Waals surface area (Å²) in [5, 5.41) is 5.81. The summed E-state index contributed by atoms with van der Waals surface area (Å²) in [6.07, 6.45) is 12.3. The number of aryl methyl sites for hydroxylation is 1. The predicted octanol–water partition coefficient (Wildman–Crippen LogP) is 3.96. The minimum atomic E-state index is 0.539. The minimum Gasteiger partial charge on any atom is -0.384 e. The largest absolute Gasteiger partial charge is 0.384 e. The van der Waals surface area contributed by atoms with Gasteiger partial charge in [-0.3, -0.25) is 4.68 Å². The fraction of sp³-hybridized carbons (Fsp3) is 0.304. The van der Waals surface area contributed by atoms with E-state index in [2.05, 4.69) is 56.4 Å². The number of hydrogen-bond acceptors (Lipinski definition) is 5. The summed E-state index contributed by atoms with van der Waals surface area (Å²) in [6, 6.07) is 10.3. The number of nitrogens with zero attached hydrogens (tertiary/aromatic N) is 5. The van der Waals surface area contributed by atoms with E-state index in [4.69, 9.17) is 5.73 Å². The van der Waals surface area contributed by atoms with Crippen molar-refractivity contribution in [1.82, 2.24) is 14.8 Å². The van der Waals surface area contributed by atoms with Crippen LogP contribution in [0.1, 0.15) is 25.0 Å². The Kier molecular flexibility index (Phi) is 4.46. The molecule has 0 saturated carbocycles. The van der Waals surface area contributed by atoms with E-state index < -0.39 is 0 Å². The second-order valence-electron chi connectivity index (χ2n) is 7.79. The van der Waals surface area contributed by atoms with Gasteiger partial charge >= 0.3 is 0 Å². The molecule has 2 aliphatic heterocycles. The average molecular weight is 387 g/mol. The summed E-state index contributed by atoms with van der Waals surface area (Å²) in [4.78, 5) is 9.44. The molecule has 2 N–H and O–H groups in total. The molecule has 0 amide bonds. The van der Waals surface area contributed by atoms with E-state index in [1.807, 2.05) is 29.9 Å². The molecule has 148 valence electrons. The van der Waals surface area contributed by atoms with Gasteiger partial charge < -0.3 is 15.5 Å². The Hall–Kier alpha value is -3.28. The summed E-state index contributed by atoms with van der Waals surface area (Å²) in [5.74, 6) is 0.539. The first-order chi connectivity index (χ1) is 14.2. The normalized spacial score (nSPS) is 17.1. The van der Waals surface area contributed by atoms with E-state index in [0.29, 0.717) is 5.82 Å². The highest BCUT2D eigenvalue weighted by Gasteiger charge is 2.24. The van der Waals surface area contributed by atoms with Crippen molar-refractivity contribution in [2.45, 2.75) is 19.3 Å². The van der Waals surface area contributed by atoms with Gasteiger partial charge in [0.25, 0.3) is 0 Å². The van der Waals surface area contributed by atoms with Gasteiger partial charge in [-0.05, 0) is 49.6 Å². The van der Waals surface area contributed by atoms with E-state index in [0.717, 1.165) is 41.9 Å². The van der Waals surface area contributed by atoms with E-state index in [-0.39, 0.29) is 0 Å². The fourth-order valence-corrected chi connectivity index (χ4v) is 4.34. The van der Waals surface area contributed by atoms with Crippen molar-refractivity contribution in [3.8, 4) is 0 Å². The minimum absolute atomic E-state index is 0.539. The predicted molar refractivity (Wildman–Crippen MR) is 120 cm³/mol. The monoisotopic (exact) mass is 386 g/mol. The van der Waals surface area contributed by atoms with Crippen LogP contribution in [0.3, 0.4) is 0 Å². The molecule has 3 aromatic rings. The lowest BCUT2D eigenvalue weighted by atomic mass is 10.1. The van der Waals surface area contributed by atoms with Crippen molar-refractivity contribution in [3.63, 3.8) is 0 Å². The lowest BCUT2D eigenvalue weighted by Gasteiger charge is -2.35. The number of allylic oxidation sites excluding steroid dienone is 2. The standard InChI is InChI=1S/C23H26N6/c1-27-16-17-14-22(21(15-19(17)26-27)28-11-4-2-5-12-28)29-13-6-3-9-20(29)18-8-7-10-23(24)25-18/h3,6-10,14-16H,2,4-5,11-13H2,1H3,(H2,24,25). The SMILES string of the molecule is Cn1cc2cc(N3CC=CC=C3c3cccc(N)n3)c(N3CCCCC3)cc2n1. The number of aromatic nitrogens is 3. The highest BCUT2D eigenvalue weighted by atomic mass is 15.3. The molecule has 6 heteroatoms. The Labute approximate surface area is 170 Å². The van der Waals surface area contributed by atoms with Gasteiger partial charge in [0.1, 0.15) is 5.82 Å². The Balaban J connectivity index is 1.65. The third-order valence-corrected chi connectivity index (χ3v) is 5.70. The Bertz CT molecular complexity index is 1100. The smallest absolute Gasteiger partial charge is 0.124 e. The van der Waals surface area contributed by atoms with Gasteiger partial charge in [-0.15, -0.1) is 0 Å². The average Bonchev–Trinajstić information content (AvgIpc) is 3.12. The van der Waals surface area contributed by atoms with Crippen LogP contribution in [0.2, 0.25) is 0 Å². The van der Waals surface area contributed by atoms with Gasteiger partial charge in [-0.1, -0.05) is 18.2 Å². The third-order valence-electron chi connectivity index (χ3n) is 5.70. The topological polar surface area (TPSA) is 63.2 Å². The van der Waals surface area contributed by atoms with Crippen molar-refractivity contribution >= 4 is 33.8 Å². The second-order valence-corrected chi connectivity index (χ2v) is 7.79. The molecule has 0 aliphatic carbocycles. The van der Waals surface area contributed by atoms with Gasteiger partial charge in [-0.25, -0.2) is 4.98 Å². The number of fused-ring (bicyclic) bond motifs is 1. The van der Waals surface area contributed by atoms with Crippen LogP contribution >= 0.6 is 0 Å². The lowest BCUT2D eigenvalue weighted by Crippen LogP contribution is -2.32.